The first-order chi connectivity index (χ1) is 13.1. The monoisotopic (exact) mass is 445 g/mol. The molecule has 7 heteroatoms. The SMILES string of the molecule is COc1cccc(-c2nnc(SCCCC(=O)c3ccc(Br)cc3)n2C)c1. The quantitative estimate of drug-likeness (QED) is 0.277. The molecule has 5 nitrogen and oxygen atoms in total. The summed E-state index contributed by atoms with van der Waals surface area (Å²) in [5.41, 5.74) is 1.71. The van der Waals surface area contributed by atoms with Crippen LogP contribution in [0.15, 0.2) is 58.2 Å². The van der Waals surface area contributed by atoms with E-state index < -0.39 is 0 Å². The zero-order chi connectivity index (χ0) is 19.2. The van der Waals surface area contributed by atoms with Gasteiger partial charge in [-0.2, -0.15) is 0 Å². The lowest BCUT2D eigenvalue weighted by atomic mass is 10.1. The minimum Gasteiger partial charge on any atom is -0.497 e. The van der Waals surface area contributed by atoms with Crippen molar-refractivity contribution in [2.45, 2.75) is 18.0 Å². The van der Waals surface area contributed by atoms with Crippen LogP contribution in [0, 0.1) is 0 Å². The van der Waals surface area contributed by atoms with Crippen LogP contribution >= 0.6 is 27.7 Å². The number of benzene rings is 2. The van der Waals surface area contributed by atoms with Crippen molar-refractivity contribution in [1.82, 2.24) is 14.8 Å². The molecule has 0 radical (unpaired) electrons. The predicted octanol–water partition coefficient (Wildman–Crippen LogP) is 5.01. The van der Waals surface area contributed by atoms with E-state index >= 15 is 0 Å². The lowest BCUT2D eigenvalue weighted by molar-refractivity contribution is 0.0982. The van der Waals surface area contributed by atoms with Gasteiger partial charge < -0.3 is 9.30 Å². The van der Waals surface area contributed by atoms with Crippen molar-refractivity contribution in [3.8, 4) is 17.1 Å². The van der Waals surface area contributed by atoms with E-state index in [1.54, 1.807) is 18.9 Å². The van der Waals surface area contributed by atoms with Gasteiger partial charge in [0, 0.05) is 34.8 Å². The Morgan fingerprint density at radius 1 is 1.19 bits per heavy atom. The number of hydrogen-bond donors (Lipinski definition) is 0. The summed E-state index contributed by atoms with van der Waals surface area (Å²) in [5.74, 6) is 2.56. The number of methoxy groups -OCH3 is 1. The normalized spacial score (nSPS) is 10.8. The molecule has 0 fully saturated rings. The second kappa shape index (κ2) is 9.19. The zero-order valence-corrected chi connectivity index (χ0v) is 17.6. The number of carbonyl (C=O) groups is 1. The summed E-state index contributed by atoms with van der Waals surface area (Å²) in [6.07, 6.45) is 1.32. The number of thioether (sulfide) groups is 1. The third-order valence-corrected chi connectivity index (χ3v) is 5.74. The first-order valence-electron chi connectivity index (χ1n) is 8.54. The summed E-state index contributed by atoms with van der Waals surface area (Å²) in [4.78, 5) is 12.2. The molecule has 0 saturated heterocycles. The lowest BCUT2D eigenvalue weighted by Crippen LogP contribution is -2.00. The Morgan fingerprint density at radius 3 is 2.70 bits per heavy atom. The first kappa shape index (κ1) is 19.6. The van der Waals surface area contributed by atoms with E-state index in [1.807, 2.05) is 60.1 Å². The number of halogens is 1. The van der Waals surface area contributed by atoms with Crippen molar-refractivity contribution in [1.29, 1.82) is 0 Å². The molecule has 1 aromatic heterocycles. The Kier molecular flexibility index (Phi) is 6.68. The smallest absolute Gasteiger partial charge is 0.191 e. The van der Waals surface area contributed by atoms with Crippen molar-refractivity contribution in [3.63, 3.8) is 0 Å². The van der Waals surface area contributed by atoms with E-state index in [0.29, 0.717) is 6.42 Å². The molecule has 3 aromatic rings. The average Bonchev–Trinajstić information content (AvgIpc) is 3.06. The number of ketones is 1. The van der Waals surface area contributed by atoms with E-state index in [2.05, 4.69) is 26.1 Å². The number of hydrogen-bond acceptors (Lipinski definition) is 5. The van der Waals surface area contributed by atoms with Crippen LogP contribution in [0.5, 0.6) is 5.75 Å². The van der Waals surface area contributed by atoms with Gasteiger partial charge >= 0.3 is 0 Å². The molecule has 2 aromatic carbocycles. The van der Waals surface area contributed by atoms with Crippen LogP contribution in [0.4, 0.5) is 0 Å². The number of ether oxygens (including phenoxy) is 1. The molecule has 1 heterocycles. The summed E-state index contributed by atoms with van der Waals surface area (Å²) in [5, 5.41) is 9.41. The third-order valence-electron chi connectivity index (χ3n) is 4.11. The van der Waals surface area contributed by atoms with Crippen LogP contribution in [0.25, 0.3) is 11.4 Å². The largest absolute Gasteiger partial charge is 0.497 e. The highest BCUT2D eigenvalue weighted by Crippen LogP contribution is 2.26. The highest BCUT2D eigenvalue weighted by atomic mass is 79.9. The third kappa shape index (κ3) is 4.99. The van der Waals surface area contributed by atoms with Gasteiger partial charge in [0.05, 0.1) is 7.11 Å². The van der Waals surface area contributed by atoms with Gasteiger partial charge in [-0.3, -0.25) is 4.79 Å². The first-order valence-corrected chi connectivity index (χ1v) is 10.3. The second-order valence-corrected chi connectivity index (χ2v) is 7.96. The molecule has 0 aliphatic rings. The second-order valence-electron chi connectivity index (χ2n) is 5.98. The van der Waals surface area contributed by atoms with Crippen LogP contribution in [0.2, 0.25) is 0 Å². The summed E-state index contributed by atoms with van der Waals surface area (Å²) in [6, 6.07) is 15.2. The van der Waals surface area contributed by atoms with Crippen molar-refractivity contribution >= 4 is 33.5 Å². The van der Waals surface area contributed by atoms with Gasteiger partial charge in [-0.05, 0) is 30.7 Å². The zero-order valence-electron chi connectivity index (χ0n) is 15.2. The van der Waals surface area contributed by atoms with Crippen molar-refractivity contribution in [3.05, 3.63) is 58.6 Å². The molecule has 0 saturated carbocycles. The van der Waals surface area contributed by atoms with Crippen LogP contribution < -0.4 is 4.74 Å². The fraction of sp³-hybridized carbons (Fsp3) is 0.250. The van der Waals surface area contributed by atoms with Gasteiger partial charge in [-0.25, -0.2) is 0 Å². The summed E-state index contributed by atoms with van der Waals surface area (Å²) < 4.78 is 8.21. The number of carbonyl (C=O) groups excluding carboxylic acids is 1. The maximum Gasteiger partial charge on any atom is 0.191 e. The average molecular weight is 446 g/mol. The Morgan fingerprint density at radius 2 is 1.96 bits per heavy atom. The van der Waals surface area contributed by atoms with Gasteiger partial charge in [-0.1, -0.05) is 52.0 Å². The highest BCUT2D eigenvalue weighted by Gasteiger charge is 2.12. The number of rotatable bonds is 8. The maximum absolute atomic E-state index is 12.2. The molecule has 140 valence electrons. The highest BCUT2D eigenvalue weighted by molar-refractivity contribution is 9.10. The topological polar surface area (TPSA) is 57.0 Å². The van der Waals surface area contributed by atoms with Gasteiger partial charge in [-0.15, -0.1) is 10.2 Å². The van der Waals surface area contributed by atoms with Crippen LogP contribution in [0.1, 0.15) is 23.2 Å². The number of aromatic nitrogens is 3. The van der Waals surface area contributed by atoms with E-state index in [-0.39, 0.29) is 5.78 Å². The Bertz CT molecular complexity index is 925. The van der Waals surface area contributed by atoms with Gasteiger partial charge in [0.25, 0.3) is 0 Å². The van der Waals surface area contributed by atoms with Crippen molar-refractivity contribution in [2.75, 3.05) is 12.9 Å². The standard InChI is InChI=1S/C20H20BrN3O2S/c1-24-19(15-5-3-6-17(13-15)26-2)22-23-20(24)27-12-4-7-18(25)14-8-10-16(21)11-9-14/h3,5-6,8-11,13H,4,7,12H2,1-2H3. The fourth-order valence-corrected chi connectivity index (χ4v) is 3.74. The number of Topliss-reactive ketones (excluding diaryl/α,β-unsaturated/α-hetero) is 1. The molecular formula is C20H20BrN3O2S. The minimum absolute atomic E-state index is 0.165. The Balaban J connectivity index is 1.55. The summed E-state index contributed by atoms with van der Waals surface area (Å²) in [7, 11) is 3.59. The summed E-state index contributed by atoms with van der Waals surface area (Å²) >= 11 is 4.99. The van der Waals surface area contributed by atoms with Gasteiger partial charge in [0.2, 0.25) is 0 Å². The molecule has 0 aliphatic carbocycles. The van der Waals surface area contributed by atoms with Crippen LogP contribution in [-0.4, -0.2) is 33.4 Å². The fourth-order valence-electron chi connectivity index (χ4n) is 2.63. The molecule has 3 rings (SSSR count). The molecule has 0 spiro atoms. The van der Waals surface area contributed by atoms with Crippen LogP contribution in [-0.2, 0) is 7.05 Å². The van der Waals surface area contributed by atoms with Crippen LogP contribution in [0.3, 0.4) is 0 Å². The van der Waals surface area contributed by atoms with Crippen molar-refractivity contribution in [2.24, 2.45) is 7.05 Å². The van der Waals surface area contributed by atoms with E-state index in [0.717, 1.165) is 44.5 Å². The van der Waals surface area contributed by atoms with Gasteiger partial charge in [0.1, 0.15) is 5.75 Å². The Labute approximate surface area is 171 Å². The number of nitrogens with zero attached hydrogens (tertiary/aromatic N) is 3. The molecule has 0 unspecified atom stereocenters. The maximum atomic E-state index is 12.2. The predicted molar refractivity (Wildman–Crippen MR) is 111 cm³/mol. The molecule has 0 atom stereocenters. The van der Waals surface area contributed by atoms with Crippen molar-refractivity contribution < 1.29 is 9.53 Å². The van der Waals surface area contributed by atoms with E-state index in [1.165, 1.54) is 0 Å². The molecule has 0 amide bonds. The van der Waals surface area contributed by atoms with E-state index in [4.69, 9.17) is 4.74 Å². The lowest BCUT2D eigenvalue weighted by Gasteiger charge is -2.06. The minimum atomic E-state index is 0.165. The molecular weight excluding hydrogens is 426 g/mol. The molecule has 27 heavy (non-hydrogen) atoms. The molecule has 0 aliphatic heterocycles. The van der Waals surface area contributed by atoms with E-state index in [9.17, 15) is 4.79 Å². The van der Waals surface area contributed by atoms with Gasteiger partial charge in [0.15, 0.2) is 16.8 Å². The molecule has 0 bridgehead atoms. The molecule has 0 N–H and O–H groups in total. The summed E-state index contributed by atoms with van der Waals surface area (Å²) in [6.45, 7) is 0. The Hall–Kier alpha value is -2.12.